The van der Waals surface area contributed by atoms with Crippen LogP contribution in [0.5, 0.6) is 5.75 Å². The maximum atomic E-state index is 12.1. The molecule has 1 atom stereocenters. The summed E-state index contributed by atoms with van der Waals surface area (Å²) in [4.78, 5) is 12.1. The molecular formula is C23H26N2O4. The van der Waals surface area contributed by atoms with E-state index in [-0.39, 0.29) is 17.9 Å². The first kappa shape index (κ1) is 20.6. The van der Waals surface area contributed by atoms with E-state index in [4.69, 9.17) is 13.9 Å². The van der Waals surface area contributed by atoms with Crippen LogP contribution < -0.4 is 4.74 Å². The minimum absolute atomic E-state index is 0.0639. The van der Waals surface area contributed by atoms with Gasteiger partial charge in [-0.05, 0) is 49.1 Å². The third kappa shape index (κ3) is 5.44. The van der Waals surface area contributed by atoms with Crippen molar-refractivity contribution in [3.63, 3.8) is 0 Å². The predicted molar refractivity (Wildman–Crippen MR) is 110 cm³/mol. The Morgan fingerprint density at radius 3 is 2.31 bits per heavy atom. The second-order valence-electron chi connectivity index (χ2n) is 8.01. The number of hydrogen-bond donors (Lipinski definition) is 0. The molecule has 3 rings (SSSR count). The second kappa shape index (κ2) is 8.47. The number of aryl methyl sites for hydroxylation is 1. The fraction of sp³-hybridized carbons (Fsp3) is 0.348. The normalized spacial score (nSPS) is 12.4. The van der Waals surface area contributed by atoms with Crippen LogP contribution in [0.1, 0.15) is 50.8 Å². The smallest absolute Gasteiger partial charge is 0.344 e. The first-order chi connectivity index (χ1) is 13.7. The van der Waals surface area contributed by atoms with E-state index in [2.05, 4.69) is 31.0 Å². The number of hydrogen-bond acceptors (Lipinski definition) is 6. The fourth-order valence-corrected chi connectivity index (χ4v) is 2.69. The third-order valence-electron chi connectivity index (χ3n) is 4.47. The number of nitrogens with zero attached hydrogens (tertiary/aromatic N) is 2. The van der Waals surface area contributed by atoms with Crippen molar-refractivity contribution in [3.05, 3.63) is 65.5 Å². The van der Waals surface area contributed by atoms with Gasteiger partial charge >= 0.3 is 5.97 Å². The topological polar surface area (TPSA) is 74.5 Å². The zero-order chi connectivity index (χ0) is 21.0. The lowest BCUT2D eigenvalue weighted by atomic mass is 9.87. The molecule has 0 radical (unpaired) electrons. The molecular weight excluding hydrogens is 368 g/mol. The summed E-state index contributed by atoms with van der Waals surface area (Å²) >= 11 is 0. The molecule has 1 unspecified atom stereocenters. The Bertz CT molecular complexity index is 954. The maximum absolute atomic E-state index is 12.1. The summed E-state index contributed by atoms with van der Waals surface area (Å²) < 4.78 is 16.5. The third-order valence-corrected chi connectivity index (χ3v) is 4.47. The number of benzene rings is 2. The molecule has 0 saturated carbocycles. The molecule has 3 aromatic rings. The predicted octanol–water partition coefficient (Wildman–Crippen LogP) is 5.03. The van der Waals surface area contributed by atoms with Gasteiger partial charge in [-0.15, -0.1) is 10.2 Å². The second-order valence-corrected chi connectivity index (χ2v) is 8.01. The first-order valence-corrected chi connectivity index (χ1v) is 9.55. The van der Waals surface area contributed by atoms with Crippen LogP contribution in [0.15, 0.2) is 52.9 Å². The lowest BCUT2D eigenvalue weighted by Gasteiger charge is -2.19. The molecule has 0 amide bonds. The lowest BCUT2D eigenvalue weighted by Crippen LogP contribution is -2.17. The molecule has 1 aromatic heterocycles. The zero-order valence-corrected chi connectivity index (χ0v) is 17.4. The van der Waals surface area contributed by atoms with Gasteiger partial charge in [-0.25, -0.2) is 4.79 Å². The number of carbonyl (C=O) groups is 1. The van der Waals surface area contributed by atoms with Crippen molar-refractivity contribution < 1.29 is 18.7 Å². The Balaban J connectivity index is 1.53. The van der Waals surface area contributed by atoms with Crippen LogP contribution >= 0.6 is 0 Å². The van der Waals surface area contributed by atoms with Gasteiger partial charge in [0.05, 0.1) is 0 Å². The van der Waals surface area contributed by atoms with Crippen molar-refractivity contribution in [1.29, 1.82) is 0 Å². The van der Waals surface area contributed by atoms with Crippen molar-refractivity contribution in [3.8, 4) is 17.2 Å². The summed E-state index contributed by atoms with van der Waals surface area (Å²) in [6, 6.07) is 15.4. The summed E-state index contributed by atoms with van der Waals surface area (Å²) in [7, 11) is 0. The average molecular weight is 394 g/mol. The number of ether oxygens (including phenoxy) is 2. The lowest BCUT2D eigenvalue weighted by molar-refractivity contribution is -0.152. The van der Waals surface area contributed by atoms with Crippen molar-refractivity contribution in [2.75, 3.05) is 6.61 Å². The van der Waals surface area contributed by atoms with Crippen molar-refractivity contribution in [2.45, 2.75) is 46.1 Å². The Hall–Kier alpha value is -3.15. The van der Waals surface area contributed by atoms with Gasteiger partial charge in [0, 0.05) is 5.56 Å². The van der Waals surface area contributed by atoms with Crippen molar-refractivity contribution in [1.82, 2.24) is 10.2 Å². The molecule has 0 aliphatic rings. The molecule has 6 nitrogen and oxygen atoms in total. The molecule has 0 N–H and O–H groups in total. The minimum atomic E-state index is -0.666. The SMILES string of the molecule is Cc1ccc(-c2nnc(C(C)OC(=O)COc3ccc(C(C)(C)C)cc3)o2)cc1. The highest BCUT2D eigenvalue weighted by Gasteiger charge is 2.19. The Kier molecular flexibility index (Phi) is 6.01. The van der Waals surface area contributed by atoms with E-state index in [0.29, 0.717) is 11.6 Å². The molecule has 1 heterocycles. The van der Waals surface area contributed by atoms with E-state index in [1.807, 2.05) is 55.5 Å². The van der Waals surface area contributed by atoms with Gasteiger partial charge in [-0.3, -0.25) is 0 Å². The van der Waals surface area contributed by atoms with E-state index >= 15 is 0 Å². The molecule has 0 bridgehead atoms. The van der Waals surface area contributed by atoms with Gasteiger partial charge < -0.3 is 13.9 Å². The average Bonchev–Trinajstić information content (AvgIpc) is 3.17. The molecule has 0 fully saturated rings. The molecule has 6 heteroatoms. The minimum Gasteiger partial charge on any atom is -0.482 e. The summed E-state index contributed by atoms with van der Waals surface area (Å²) in [5, 5.41) is 8.01. The first-order valence-electron chi connectivity index (χ1n) is 9.55. The largest absolute Gasteiger partial charge is 0.482 e. The summed E-state index contributed by atoms with van der Waals surface area (Å²) in [5.41, 5.74) is 3.22. The molecule has 0 aliphatic heterocycles. The summed E-state index contributed by atoms with van der Waals surface area (Å²) in [5.74, 6) is 0.732. The van der Waals surface area contributed by atoms with Gasteiger partial charge in [0.1, 0.15) is 5.75 Å². The molecule has 2 aromatic carbocycles. The van der Waals surface area contributed by atoms with Gasteiger partial charge in [0.15, 0.2) is 12.7 Å². The van der Waals surface area contributed by atoms with E-state index in [1.165, 1.54) is 5.56 Å². The van der Waals surface area contributed by atoms with Crippen LogP contribution in [0.25, 0.3) is 11.5 Å². The number of rotatable bonds is 6. The van der Waals surface area contributed by atoms with Crippen LogP contribution in [-0.4, -0.2) is 22.8 Å². The molecule has 0 spiro atoms. The number of aromatic nitrogens is 2. The molecule has 0 aliphatic carbocycles. The standard InChI is InChI=1S/C23H26N2O4/c1-15-6-8-17(9-7-15)22-25-24-21(29-22)16(2)28-20(26)14-27-19-12-10-18(11-13-19)23(3,4)5/h6-13,16H,14H2,1-5H3. The zero-order valence-electron chi connectivity index (χ0n) is 17.4. The van der Waals surface area contributed by atoms with Crippen molar-refractivity contribution >= 4 is 5.97 Å². The monoisotopic (exact) mass is 394 g/mol. The van der Waals surface area contributed by atoms with Gasteiger partial charge in [-0.2, -0.15) is 0 Å². The van der Waals surface area contributed by atoms with E-state index < -0.39 is 12.1 Å². The Morgan fingerprint density at radius 1 is 1.03 bits per heavy atom. The summed E-state index contributed by atoms with van der Waals surface area (Å²) in [6.07, 6.45) is -0.666. The van der Waals surface area contributed by atoms with Crippen LogP contribution in [-0.2, 0) is 14.9 Å². The summed E-state index contributed by atoms with van der Waals surface area (Å²) in [6.45, 7) is 9.92. The van der Waals surface area contributed by atoms with Crippen molar-refractivity contribution in [2.24, 2.45) is 0 Å². The van der Waals surface area contributed by atoms with Gasteiger partial charge in [-0.1, -0.05) is 50.6 Å². The van der Waals surface area contributed by atoms with E-state index in [9.17, 15) is 4.79 Å². The van der Waals surface area contributed by atoms with Crippen LogP contribution in [0.3, 0.4) is 0 Å². The molecule has 0 saturated heterocycles. The Labute approximate surface area is 170 Å². The highest BCUT2D eigenvalue weighted by molar-refractivity contribution is 5.71. The fourth-order valence-electron chi connectivity index (χ4n) is 2.69. The molecule has 29 heavy (non-hydrogen) atoms. The maximum Gasteiger partial charge on any atom is 0.344 e. The van der Waals surface area contributed by atoms with Crippen LogP contribution in [0.2, 0.25) is 0 Å². The van der Waals surface area contributed by atoms with Gasteiger partial charge in [0.2, 0.25) is 5.89 Å². The van der Waals surface area contributed by atoms with Gasteiger partial charge in [0.25, 0.3) is 5.89 Å². The number of esters is 1. The Morgan fingerprint density at radius 2 is 1.69 bits per heavy atom. The highest BCUT2D eigenvalue weighted by atomic mass is 16.6. The number of carbonyl (C=O) groups excluding carboxylic acids is 1. The highest BCUT2D eigenvalue weighted by Crippen LogP contribution is 2.25. The van der Waals surface area contributed by atoms with E-state index in [0.717, 1.165) is 11.1 Å². The van der Waals surface area contributed by atoms with E-state index in [1.54, 1.807) is 6.92 Å². The quantitative estimate of drug-likeness (QED) is 0.546. The molecule has 152 valence electrons. The van der Waals surface area contributed by atoms with Crippen LogP contribution in [0.4, 0.5) is 0 Å². The van der Waals surface area contributed by atoms with Crippen LogP contribution in [0, 0.1) is 6.92 Å².